The summed E-state index contributed by atoms with van der Waals surface area (Å²) in [6.07, 6.45) is 3.06. The van der Waals surface area contributed by atoms with Crippen LogP contribution in [0.15, 0.2) is 60.1 Å². The summed E-state index contributed by atoms with van der Waals surface area (Å²) in [5, 5.41) is 2.07. The lowest BCUT2D eigenvalue weighted by Gasteiger charge is -2.22. The van der Waals surface area contributed by atoms with Crippen LogP contribution in [-0.4, -0.2) is 29.5 Å². The van der Waals surface area contributed by atoms with E-state index in [2.05, 4.69) is 16.4 Å². The Morgan fingerprint density at radius 3 is 2.69 bits per heavy atom. The molecule has 0 bridgehead atoms. The van der Waals surface area contributed by atoms with E-state index in [1.807, 2.05) is 54.3 Å². The number of methoxy groups -OCH3 is 1. The zero-order chi connectivity index (χ0) is 20.5. The second-order valence-corrected chi connectivity index (χ2v) is 7.62. The van der Waals surface area contributed by atoms with E-state index in [4.69, 9.17) is 9.47 Å². The normalized spacial score (nSPS) is 10.6. The molecule has 0 N–H and O–H groups in total. The number of hydrogen-bond donors (Lipinski definition) is 0. The summed E-state index contributed by atoms with van der Waals surface area (Å²) in [5.74, 6) is 1.48. The maximum Gasteiger partial charge on any atom is 0.222 e. The third kappa shape index (κ3) is 6.06. The van der Waals surface area contributed by atoms with Crippen LogP contribution in [0.4, 0.5) is 0 Å². The third-order valence-electron chi connectivity index (χ3n) is 4.52. The van der Waals surface area contributed by atoms with Gasteiger partial charge in [0.25, 0.3) is 0 Å². The van der Waals surface area contributed by atoms with E-state index in [-0.39, 0.29) is 5.91 Å². The van der Waals surface area contributed by atoms with Gasteiger partial charge in [0, 0.05) is 30.5 Å². The molecule has 152 valence electrons. The van der Waals surface area contributed by atoms with Gasteiger partial charge in [0.1, 0.15) is 0 Å². The van der Waals surface area contributed by atoms with Crippen LogP contribution in [0, 0.1) is 0 Å². The molecule has 5 nitrogen and oxygen atoms in total. The van der Waals surface area contributed by atoms with Gasteiger partial charge in [-0.1, -0.05) is 25.1 Å². The first-order valence-electron chi connectivity index (χ1n) is 9.69. The Bertz CT molecular complexity index is 898. The molecule has 0 spiro atoms. The number of carbonyl (C=O) groups is 1. The number of amides is 1. The fourth-order valence-corrected chi connectivity index (χ4v) is 3.70. The quantitative estimate of drug-likeness (QED) is 0.486. The average molecular weight is 411 g/mol. The van der Waals surface area contributed by atoms with Crippen molar-refractivity contribution in [1.82, 2.24) is 9.88 Å². The van der Waals surface area contributed by atoms with Gasteiger partial charge in [0.2, 0.25) is 5.91 Å². The Hall–Kier alpha value is -2.86. The summed E-state index contributed by atoms with van der Waals surface area (Å²) >= 11 is 1.73. The monoisotopic (exact) mass is 410 g/mol. The molecule has 6 heteroatoms. The minimum absolute atomic E-state index is 0.0888. The third-order valence-corrected chi connectivity index (χ3v) is 5.46. The number of thiophene rings is 1. The van der Waals surface area contributed by atoms with Crippen molar-refractivity contribution in [2.24, 2.45) is 0 Å². The van der Waals surface area contributed by atoms with Gasteiger partial charge in [0.15, 0.2) is 11.5 Å². The summed E-state index contributed by atoms with van der Waals surface area (Å²) in [6.45, 7) is 3.44. The summed E-state index contributed by atoms with van der Waals surface area (Å²) < 4.78 is 11.4. The highest BCUT2D eigenvalue weighted by Crippen LogP contribution is 2.29. The van der Waals surface area contributed by atoms with Crippen LogP contribution in [0.1, 0.15) is 29.5 Å². The average Bonchev–Trinajstić information content (AvgIpc) is 3.27. The molecule has 1 amide bonds. The number of benzene rings is 1. The summed E-state index contributed by atoms with van der Waals surface area (Å²) in [4.78, 5) is 19.9. The Kier molecular flexibility index (Phi) is 7.64. The SMILES string of the molecule is CCC(=O)N(Cc1ccc(OCCc2cccs2)c(OC)c1)Cc1ccccn1. The molecule has 29 heavy (non-hydrogen) atoms. The lowest BCUT2D eigenvalue weighted by Crippen LogP contribution is -2.29. The molecular weight excluding hydrogens is 384 g/mol. The predicted octanol–water partition coefficient (Wildman–Crippen LogP) is 4.71. The molecule has 0 fully saturated rings. The van der Waals surface area contributed by atoms with Gasteiger partial charge in [0.05, 0.1) is 26.0 Å². The molecule has 2 aromatic heterocycles. The largest absolute Gasteiger partial charge is 0.493 e. The van der Waals surface area contributed by atoms with Gasteiger partial charge in [-0.05, 0) is 41.3 Å². The second kappa shape index (κ2) is 10.6. The van der Waals surface area contributed by atoms with Gasteiger partial charge >= 0.3 is 0 Å². The minimum Gasteiger partial charge on any atom is -0.493 e. The summed E-state index contributed by atoms with van der Waals surface area (Å²) in [6, 6.07) is 15.7. The number of hydrogen-bond acceptors (Lipinski definition) is 5. The standard InChI is InChI=1S/C23H26N2O3S/c1-3-23(26)25(17-19-7-4-5-12-24-19)16-18-9-10-21(22(15-18)27-2)28-13-11-20-8-6-14-29-20/h4-10,12,14-15H,3,11,13,16-17H2,1-2H3. The van der Waals surface area contributed by atoms with Gasteiger partial charge in [-0.3, -0.25) is 9.78 Å². The molecule has 3 aromatic rings. The zero-order valence-electron chi connectivity index (χ0n) is 16.8. The molecule has 0 radical (unpaired) electrons. The van der Waals surface area contributed by atoms with Crippen LogP contribution in [0.25, 0.3) is 0 Å². The number of ether oxygens (including phenoxy) is 2. The number of nitrogens with zero attached hydrogens (tertiary/aromatic N) is 2. The molecule has 0 saturated carbocycles. The number of pyridine rings is 1. The molecule has 2 heterocycles. The van der Waals surface area contributed by atoms with Crippen molar-refractivity contribution in [2.75, 3.05) is 13.7 Å². The first-order chi connectivity index (χ1) is 14.2. The molecule has 0 atom stereocenters. The first-order valence-corrected chi connectivity index (χ1v) is 10.6. The van der Waals surface area contributed by atoms with Crippen molar-refractivity contribution in [1.29, 1.82) is 0 Å². The van der Waals surface area contributed by atoms with Gasteiger partial charge < -0.3 is 14.4 Å². The maximum absolute atomic E-state index is 12.4. The molecule has 0 aliphatic carbocycles. The Labute approximate surface area is 175 Å². The van der Waals surface area contributed by atoms with Crippen molar-refractivity contribution in [3.05, 3.63) is 76.2 Å². The molecule has 1 aromatic carbocycles. The number of aromatic nitrogens is 1. The van der Waals surface area contributed by atoms with Crippen LogP contribution in [-0.2, 0) is 24.3 Å². The topological polar surface area (TPSA) is 51.7 Å². The van der Waals surface area contributed by atoms with E-state index in [1.54, 1.807) is 24.6 Å². The summed E-state index contributed by atoms with van der Waals surface area (Å²) in [5.41, 5.74) is 1.86. The van der Waals surface area contributed by atoms with E-state index >= 15 is 0 Å². The van der Waals surface area contributed by atoms with E-state index < -0.39 is 0 Å². The van der Waals surface area contributed by atoms with E-state index in [0.29, 0.717) is 37.6 Å². The zero-order valence-corrected chi connectivity index (χ0v) is 17.7. The molecule has 0 saturated heterocycles. The Morgan fingerprint density at radius 2 is 2.00 bits per heavy atom. The van der Waals surface area contributed by atoms with Crippen molar-refractivity contribution in [2.45, 2.75) is 32.9 Å². The van der Waals surface area contributed by atoms with Gasteiger partial charge in [-0.2, -0.15) is 0 Å². The lowest BCUT2D eigenvalue weighted by atomic mass is 10.1. The Morgan fingerprint density at radius 1 is 1.10 bits per heavy atom. The smallest absolute Gasteiger partial charge is 0.222 e. The van der Waals surface area contributed by atoms with Crippen molar-refractivity contribution >= 4 is 17.2 Å². The van der Waals surface area contributed by atoms with E-state index in [9.17, 15) is 4.79 Å². The lowest BCUT2D eigenvalue weighted by molar-refractivity contribution is -0.132. The Balaban J connectivity index is 1.67. The number of carbonyl (C=O) groups excluding carboxylic acids is 1. The van der Waals surface area contributed by atoms with Crippen molar-refractivity contribution < 1.29 is 14.3 Å². The molecule has 3 rings (SSSR count). The highest BCUT2D eigenvalue weighted by Gasteiger charge is 2.15. The van der Waals surface area contributed by atoms with Crippen molar-refractivity contribution in [3.8, 4) is 11.5 Å². The van der Waals surface area contributed by atoms with Crippen LogP contribution < -0.4 is 9.47 Å². The predicted molar refractivity (Wildman–Crippen MR) is 115 cm³/mol. The van der Waals surface area contributed by atoms with Gasteiger partial charge in [-0.15, -0.1) is 11.3 Å². The van der Waals surface area contributed by atoms with Crippen LogP contribution in [0.5, 0.6) is 11.5 Å². The van der Waals surface area contributed by atoms with Crippen LogP contribution in [0.3, 0.4) is 0 Å². The molecular formula is C23H26N2O3S. The maximum atomic E-state index is 12.4. The highest BCUT2D eigenvalue weighted by atomic mass is 32.1. The fraction of sp³-hybridized carbons (Fsp3) is 0.304. The molecule has 0 aliphatic rings. The first kappa shape index (κ1) is 20.9. The van der Waals surface area contributed by atoms with E-state index in [1.165, 1.54) is 4.88 Å². The van der Waals surface area contributed by atoms with E-state index in [0.717, 1.165) is 17.7 Å². The van der Waals surface area contributed by atoms with Crippen molar-refractivity contribution in [3.63, 3.8) is 0 Å². The summed E-state index contributed by atoms with van der Waals surface area (Å²) in [7, 11) is 1.63. The minimum atomic E-state index is 0.0888. The number of rotatable bonds is 10. The fourth-order valence-electron chi connectivity index (χ4n) is 3.01. The van der Waals surface area contributed by atoms with Gasteiger partial charge in [-0.25, -0.2) is 0 Å². The van der Waals surface area contributed by atoms with Crippen LogP contribution >= 0.6 is 11.3 Å². The van der Waals surface area contributed by atoms with Crippen LogP contribution in [0.2, 0.25) is 0 Å². The molecule has 0 aliphatic heterocycles. The molecule has 0 unspecified atom stereocenters. The highest BCUT2D eigenvalue weighted by molar-refractivity contribution is 7.09. The second-order valence-electron chi connectivity index (χ2n) is 6.59.